The van der Waals surface area contributed by atoms with Crippen molar-refractivity contribution in [1.29, 1.82) is 0 Å². The van der Waals surface area contributed by atoms with Crippen molar-refractivity contribution in [2.24, 2.45) is 4.99 Å². The smallest absolute Gasteiger partial charge is 0.325 e. The zero-order valence-electron chi connectivity index (χ0n) is 6.29. The van der Waals surface area contributed by atoms with Gasteiger partial charge in [0, 0.05) is 7.05 Å². The Hall–Kier alpha value is -1.52. The van der Waals surface area contributed by atoms with E-state index >= 15 is 0 Å². The van der Waals surface area contributed by atoms with E-state index in [-0.39, 0.29) is 6.03 Å². The Morgan fingerprint density at radius 1 is 1.91 bits per heavy atom. The van der Waals surface area contributed by atoms with Crippen LogP contribution in [0.1, 0.15) is 0 Å². The molecule has 0 atom stereocenters. The number of nitrogens with zero attached hydrogens (tertiary/aromatic N) is 2. The van der Waals surface area contributed by atoms with Crippen LogP contribution in [0.2, 0.25) is 0 Å². The molecule has 1 aliphatic heterocycles. The lowest BCUT2D eigenvalue weighted by Crippen LogP contribution is -2.49. The molecule has 60 valence electrons. The van der Waals surface area contributed by atoms with Crippen molar-refractivity contribution in [2.75, 3.05) is 13.7 Å². The van der Waals surface area contributed by atoms with Crippen LogP contribution in [-0.2, 0) is 0 Å². The zero-order chi connectivity index (χ0) is 8.27. The van der Waals surface area contributed by atoms with E-state index in [1.807, 2.05) is 0 Å². The Labute approximate surface area is 64.8 Å². The second-order valence-corrected chi connectivity index (χ2v) is 2.12. The molecule has 1 rings (SSSR count). The molecule has 0 aromatic carbocycles. The number of guanidine groups is 1. The van der Waals surface area contributed by atoms with Gasteiger partial charge >= 0.3 is 6.03 Å². The minimum atomic E-state index is -0.163. The van der Waals surface area contributed by atoms with Gasteiger partial charge in [-0.15, -0.1) is 0 Å². The third-order valence-corrected chi connectivity index (χ3v) is 1.25. The Morgan fingerprint density at radius 3 is 3.18 bits per heavy atom. The number of carbonyl (C=O) groups excluding carboxylic acids is 1. The predicted molar refractivity (Wildman–Crippen MR) is 41.9 cm³/mol. The third-order valence-electron chi connectivity index (χ3n) is 1.25. The lowest BCUT2D eigenvalue weighted by molar-refractivity contribution is 0.212. The largest absolute Gasteiger partial charge is 0.333 e. The average Bonchev–Trinajstić information content (AvgIpc) is 1.98. The number of hydrogen-bond acceptors (Lipinski definition) is 3. The van der Waals surface area contributed by atoms with Crippen LogP contribution in [0, 0.1) is 0 Å². The predicted octanol–water partition coefficient (Wildman–Crippen LogP) is -0.312. The second kappa shape index (κ2) is 3.05. The summed E-state index contributed by atoms with van der Waals surface area (Å²) in [6.45, 7) is 3.82. The molecule has 0 bridgehead atoms. The summed E-state index contributed by atoms with van der Waals surface area (Å²) >= 11 is 0. The minimum absolute atomic E-state index is 0.163. The highest BCUT2D eigenvalue weighted by Gasteiger charge is 2.14. The number of carbonyl (C=O) groups is 1. The van der Waals surface area contributed by atoms with Gasteiger partial charge in [-0.3, -0.25) is 5.32 Å². The highest BCUT2D eigenvalue weighted by molar-refractivity contribution is 5.97. The maximum Gasteiger partial charge on any atom is 0.325 e. The monoisotopic (exact) mass is 154 g/mol. The van der Waals surface area contributed by atoms with Gasteiger partial charge in [0.2, 0.25) is 5.96 Å². The van der Waals surface area contributed by atoms with Crippen LogP contribution < -0.4 is 10.6 Å². The molecule has 5 heteroatoms. The Kier molecular flexibility index (Phi) is 2.10. The minimum Gasteiger partial charge on any atom is -0.333 e. The molecule has 0 aromatic rings. The number of amides is 2. The molecular weight excluding hydrogens is 144 g/mol. The summed E-state index contributed by atoms with van der Waals surface area (Å²) in [4.78, 5) is 16.4. The molecule has 0 fully saturated rings. The van der Waals surface area contributed by atoms with Gasteiger partial charge in [-0.1, -0.05) is 6.58 Å². The molecule has 0 unspecified atom stereocenters. The fourth-order valence-corrected chi connectivity index (χ4v) is 0.656. The van der Waals surface area contributed by atoms with E-state index in [1.54, 1.807) is 7.05 Å². The first-order valence-electron chi connectivity index (χ1n) is 3.18. The molecular formula is C6H10N4O. The van der Waals surface area contributed by atoms with Crippen molar-refractivity contribution in [3.05, 3.63) is 12.8 Å². The summed E-state index contributed by atoms with van der Waals surface area (Å²) in [5.74, 6) is 0.447. The van der Waals surface area contributed by atoms with Gasteiger partial charge in [0.25, 0.3) is 0 Å². The Balaban J connectivity index is 2.58. The molecule has 1 heterocycles. The number of urea groups is 1. The first-order valence-corrected chi connectivity index (χ1v) is 3.18. The van der Waals surface area contributed by atoms with E-state index in [1.165, 1.54) is 11.1 Å². The second-order valence-electron chi connectivity index (χ2n) is 2.12. The quantitative estimate of drug-likeness (QED) is 0.544. The molecule has 2 N–H and O–H groups in total. The fourth-order valence-electron chi connectivity index (χ4n) is 0.656. The summed E-state index contributed by atoms with van der Waals surface area (Å²) in [6, 6.07) is -0.163. The molecule has 0 aromatic heterocycles. The van der Waals surface area contributed by atoms with E-state index in [9.17, 15) is 4.79 Å². The Morgan fingerprint density at radius 2 is 2.64 bits per heavy atom. The van der Waals surface area contributed by atoms with Crippen LogP contribution in [0.4, 0.5) is 4.79 Å². The van der Waals surface area contributed by atoms with Gasteiger partial charge in [0.05, 0.1) is 0 Å². The van der Waals surface area contributed by atoms with E-state index in [0.717, 1.165) is 0 Å². The van der Waals surface area contributed by atoms with Gasteiger partial charge in [-0.05, 0) is 6.20 Å². The summed E-state index contributed by atoms with van der Waals surface area (Å²) in [7, 11) is 1.67. The van der Waals surface area contributed by atoms with Crippen molar-refractivity contribution in [3.63, 3.8) is 0 Å². The van der Waals surface area contributed by atoms with E-state index in [0.29, 0.717) is 12.6 Å². The van der Waals surface area contributed by atoms with Crippen LogP contribution in [0.15, 0.2) is 17.8 Å². The summed E-state index contributed by atoms with van der Waals surface area (Å²) < 4.78 is 0. The average molecular weight is 154 g/mol. The van der Waals surface area contributed by atoms with Crippen LogP contribution in [0.3, 0.4) is 0 Å². The molecule has 1 aliphatic rings. The van der Waals surface area contributed by atoms with Crippen molar-refractivity contribution < 1.29 is 4.79 Å². The summed E-state index contributed by atoms with van der Waals surface area (Å²) in [5, 5.41) is 5.21. The molecule has 0 radical (unpaired) electrons. The van der Waals surface area contributed by atoms with E-state index in [2.05, 4.69) is 22.2 Å². The van der Waals surface area contributed by atoms with Crippen molar-refractivity contribution >= 4 is 12.0 Å². The third kappa shape index (κ3) is 1.70. The molecule has 0 saturated heterocycles. The molecule has 2 amide bonds. The first kappa shape index (κ1) is 7.59. The van der Waals surface area contributed by atoms with Crippen molar-refractivity contribution in [3.8, 4) is 0 Å². The van der Waals surface area contributed by atoms with Crippen molar-refractivity contribution in [1.82, 2.24) is 15.5 Å². The number of nitrogens with one attached hydrogen (secondary N) is 2. The van der Waals surface area contributed by atoms with Gasteiger partial charge in [-0.2, -0.15) is 0 Å². The number of hydrogen-bond donors (Lipinski definition) is 2. The van der Waals surface area contributed by atoms with Gasteiger partial charge < -0.3 is 10.2 Å². The van der Waals surface area contributed by atoms with Gasteiger partial charge in [0.1, 0.15) is 6.67 Å². The topological polar surface area (TPSA) is 56.7 Å². The number of rotatable bonds is 1. The molecule has 0 aliphatic carbocycles. The normalized spacial score (nSPS) is 17.0. The van der Waals surface area contributed by atoms with Crippen LogP contribution in [0.5, 0.6) is 0 Å². The standard InChI is InChI=1S/C6H10N4O/c1-3-7-5-8-4-10(2)6(11)9-5/h3H,1,4H2,2H3,(H2,7,8,9,11). The zero-order valence-corrected chi connectivity index (χ0v) is 6.29. The van der Waals surface area contributed by atoms with Gasteiger partial charge in [-0.25, -0.2) is 9.79 Å². The maximum atomic E-state index is 10.9. The first-order chi connectivity index (χ1) is 5.24. The summed E-state index contributed by atoms with van der Waals surface area (Å²) in [6.07, 6.45) is 1.46. The highest BCUT2D eigenvalue weighted by atomic mass is 16.2. The summed E-state index contributed by atoms with van der Waals surface area (Å²) in [5.41, 5.74) is 0. The molecule has 0 spiro atoms. The lowest BCUT2D eigenvalue weighted by Gasteiger charge is -2.21. The van der Waals surface area contributed by atoms with Crippen LogP contribution >= 0.6 is 0 Å². The highest BCUT2D eigenvalue weighted by Crippen LogP contribution is 1.90. The van der Waals surface area contributed by atoms with Gasteiger partial charge in [0.15, 0.2) is 0 Å². The molecule has 11 heavy (non-hydrogen) atoms. The van der Waals surface area contributed by atoms with Crippen LogP contribution in [0.25, 0.3) is 0 Å². The fraction of sp³-hybridized carbons (Fsp3) is 0.333. The van der Waals surface area contributed by atoms with E-state index < -0.39 is 0 Å². The Bertz CT molecular complexity index is 211. The van der Waals surface area contributed by atoms with Crippen molar-refractivity contribution in [2.45, 2.75) is 0 Å². The SMILES string of the molecule is C=CNC1=NCN(C)C(=O)N1. The van der Waals surface area contributed by atoms with E-state index in [4.69, 9.17) is 0 Å². The van der Waals surface area contributed by atoms with Crippen LogP contribution in [-0.4, -0.2) is 30.6 Å². The molecule has 0 saturated carbocycles. The molecule has 5 nitrogen and oxygen atoms in total. The maximum absolute atomic E-state index is 10.9. The lowest BCUT2D eigenvalue weighted by atomic mass is 10.6. The number of aliphatic imine (C=N–C) groups is 1.